The van der Waals surface area contributed by atoms with Gasteiger partial charge in [0.15, 0.2) is 0 Å². The highest BCUT2D eigenvalue weighted by Gasteiger charge is 2.10. The second-order valence-electron chi connectivity index (χ2n) is 6.02. The predicted octanol–water partition coefficient (Wildman–Crippen LogP) is 5.80. The molecule has 0 saturated heterocycles. The summed E-state index contributed by atoms with van der Waals surface area (Å²) < 4.78 is 0. The lowest BCUT2D eigenvalue weighted by Crippen LogP contribution is -1.92. The topological polar surface area (TPSA) is 0 Å². The van der Waals surface area contributed by atoms with E-state index in [1.807, 2.05) is 0 Å². The van der Waals surface area contributed by atoms with Crippen LogP contribution in [-0.4, -0.2) is 0 Å². The number of fused-ring (bicyclic) bond motifs is 1. The number of benzene rings is 1. The molecule has 0 bridgehead atoms. The van der Waals surface area contributed by atoms with Gasteiger partial charge in [0.25, 0.3) is 0 Å². The van der Waals surface area contributed by atoms with Gasteiger partial charge in [-0.1, -0.05) is 60.2 Å². The van der Waals surface area contributed by atoms with Crippen LogP contribution in [0.1, 0.15) is 49.3 Å². The average Bonchev–Trinajstić information content (AvgIpc) is 2.75. The lowest BCUT2D eigenvalue weighted by molar-refractivity contribution is 0.824. The van der Waals surface area contributed by atoms with Gasteiger partial charge in [0.2, 0.25) is 0 Å². The summed E-state index contributed by atoms with van der Waals surface area (Å²) in [7, 11) is 0. The van der Waals surface area contributed by atoms with E-state index in [9.17, 15) is 0 Å². The van der Waals surface area contributed by atoms with Crippen LogP contribution >= 0.6 is 0 Å². The molecule has 0 fully saturated rings. The minimum absolute atomic E-state index is 1.14. The van der Waals surface area contributed by atoms with E-state index < -0.39 is 0 Å². The van der Waals surface area contributed by atoms with Gasteiger partial charge in [0.1, 0.15) is 0 Å². The van der Waals surface area contributed by atoms with Crippen molar-refractivity contribution in [3.05, 3.63) is 76.4 Å². The largest absolute Gasteiger partial charge is 0.0881 e. The SMILES string of the molecule is C/C=C1\CCCc2cc(/C=C/C3=CCCC=C3)ccc2C1. The third-order valence-electron chi connectivity index (χ3n) is 4.49. The van der Waals surface area contributed by atoms with E-state index in [4.69, 9.17) is 0 Å². The minimum Gasteiger partial charge on any atom is -0.0881 e. The summed E-state index contributed by atoms with van der Waals surface area (Å²) in [6.45, 7) is 2.17. The van der Waals surface area contributed by atoms with E-state index in [-0.39, 0.29) is 0 Å². The molecular formula is C21H24. The molecule has 108 valence electrons. The molecule has 0 nitrogen and oxygen atoms in total. The average molecular weight is 276 g/mol. The Hall–Kier alpha value is -1.82. The summed E-state index contributed by atoms with van der Waals surface area (Å²) in [5, 5.41) is 0. The molecule has 0 spiro atoms. The Balaban J connectivity index is 1.79. The van der Waals surface area contributed by atoms with E-state index in [2.05, 4.69) is 61.6 Å². The van der Waals surface area contributed by atoms with E-state index in [0.717, 1.165) is 6.42 Å². The van der Waals surface area contributed by atoms with Gasteiger partial charge in [-0.15, -0.1) is 0 Å². The maximum atomic E-state index is 2.39. The lowest BCUT2D eigenvalue weighted by atomic mass is 9.98. The van der Waals surface area contributed by atoms with Gasteiger partial charge in [-0.3, -0.25) is 0 Å². The van der Waals surface area contributed by atoms with Gasteiger partial charge in [-0.25, -0.2) is 0 Å². The van der Waals surface area contributed by atoms with Crippen LogP contribution in [0.3, 0.4) is 0 Å². The molecule has 0 aliphatic heterocycles. The lowest BCUT2D eigenvalue weighted by Gasteiger charge is -2.07. The first-order chi connectivity index (χ1) is 10.3. The summed E-state index contributed by atoms with van der Waals surface area (Å²) in [5.74, 6) is 0. The van der Waals surface area contributed by atoms with E-state index in [0.29, 0.717) is 0 Å². The molecule has 0 aromatic heterocycles. The van der Waals surface area contributed by atoms with E-state index in [1.54, 1.807) is 11.1 Å². The Bertz CT molecular complexity index is 623. The first-order valence-electron chi connectivity index (χ1n) is 8.16. The molecule has 2 aliphatic carbocycles. The molecule has 3 rings (SSSR count). The third-order valence-corrected chi connectivity index (χ3v) is 4.49. The summed E-state index contributed by atoms with van der Waals surface area (Å²) in [6.07, 6.45) is 20.9. The zero-order chi connectivity index (χ0) is 14.5. The zero-order valence-electron chi connectivity index (χ0n) is 12.9. The molecule has 0 heteroatoms. The van der Waals surface area contributed by atoms with Crippen molar-refractivity contribution in [2.45, 2.75) is 45.4 Å². The zero-order valence-corrected chi connectivity index (χ0v) is 12.9. The molecule has 0 radical (unpaired) electrons. The molecule has 1 aromatic rings. The van der Waals surface area contributed by atoms with Crippen molar-refractivity contribution in [1.29, 1.82) is 0 Å². The summed E-state index contributed by atoms with van der Waals surface area (Å²) in [5.41, 5.74) is 7.33. The molecular weight excluding hydrogens is 252 g/mol. The summed E-state index contributed by atoms with van der Waals surface area (Å²) in [4.78, 5) is 0. The molecule has 21 heavy (non-hydrogen) atoms. The standard InChI is InChI=1S/C21H24/c1-2-17-9-6-10-20-16-19(13-14-21(20)15-17)12-11-18-7-4-3-5-8-18/h2,4,7-8,11-14,16H,3,5-6,9-10,15H2,1H3/b12-11+,17-2+. The Morgan fingerprint density at radius 3 is 2.76 bits per heavy atom. The van der Waals surface area contributed by atoms with Gasteiger partial charge in [0.05, 0.1) is 0 Å². The quantitative estimate of drug-likeness (QED) is 0.473. The summed E-state index contributed by atoms with van der Waals surface area (Å²) in [6, 6.07) is 6.98. The molecule has 2 aliphatic rings. The monoisotopic (exact) mass is 276 g/mol. The van der Waals surface area contributed by atoms with Crippen molar-refractivity contribution in [2.75, 3.05) is 0 Å². The fourth-order valence-corrected chi connectivity index (χ4v) is 3.19. The van der Waals surface area contributed by atoms with E-state index >= 15 is 0 Å². The van der Waals surface area contributed by atoms with Gasteiger partial charge >= 0.3 is 0 Å². The van der Waals surface area contributed by atoms with Crippen molar-refractivity contribution in [3.8, 4) is 0 Å². The van der Waals surface area contributed by atoms with Crippen LogP contribution in [0.5, 0.6) is 0 Å². The normalized spacial score (nSPS) is 20.4. The maximum Gasteiger partial charge on any atom is -0.00645 e. The van der Waals surface area contributed by atoms with E-state index in [1.165, 1.54) is 48.8 Å². The number of rotatable bonds is 2. The van der Waals surface area contributed by atoms with Crippen LogP contribution in [0, 0.1) is 0 Å². The second kappa shape index (κ2) is 6.76. The Labute approximate surface area is 128 Å². The fraction of sp³-hybridized carbons (Fsp3) is 0.333. The number of hydrogen-bond donors (Lipinski definition) is 0. The molecule has 0 saturated carbocycles. The van der Waals surface area contributed by atoms with Crippen LogP contribution in [0.4, 0.5) is 0 Å². The van der Waals surface area contributed by atoms with Crippen molar-refractivity contribution in [2.24, 2.45) is 0 Å². The second-order valence-corrected chi connectivity index (χ2v) is 6.02. The molecule has 0 amide bonds. The highest BCUT2D eigenvalue weighted by molar-refractivity contribution is 5.57. The first kappa shape index (κ1) is 14.1. The Morgan fingerprint density at radius 2 is 1.95 bits per heavy atom. The first-order valence-corrected chi connectivity index (χ1v) is 8.16. The van der Waals surface area contributed by atoms with Crippen molar-refractivity contribution < 1.29 is 0 Å². The third kappa shape index (κ3) is 3.64. The number of hydrogen-bond acceptors (Lipinski definition) is 0. The van der Waals surface area contributed by atoms with Crippen LogP contribution < -0.4 is 0 Å². The smallest absolute Gasteiger partial charge is 0.00645 e. The van der Waals surface area contributed by atoms with Crippen LogP contribution in [0.2, 0.25) is 0 Å². The van der Waals surface area contributed by atoms with Gasteiger partial charge in [-0.05, 0) is 67.7 Å². The maximum absolute atomic E-state index is 2.39. The van der Waals surface area contributed by atoms with Crippen LogP contribution in [-0.2, 0) is 12.8 Å². The molecule has 0 unspecified atom stereocenters. The molecule has 0 atom stereocenters. The Morgan fingerprint density at radius 1 is 1.00 bits per heavy atom. The minimum atomic E-state index is 1.14. The van der Waals surface area contributed by atoms with Gasteiger partial charge in [-0.2, -0.15) is 0 Å². The molecule has 0 N–H and O–H groups in total. The van der Waals surface area contributed by atoms with Crippen LogP contribution in [0.15, 0.2) is 59.7 Å². The molecule has 1 aromatic carbocycles. The summed E-state index contributed by atoms with van der Waals surface area (Å²) >= 11 is 0. The van der Waals surface area contributed by atoms with Crippen LogP contribution in [0.25, 0.3) is 6.08 Å². The number of aryl methyl sites for hydroxylation is 1. The fourth-order valence-electron chi connectivity index (χ4n) is 3.19. The highest BCUT2D eigenvalue weighted by Crippen LogP contribution is 2.25. The van der Waals surface area contributed by atoms with Crippen molar-refractivity contribution in [3.63, 3.8) is 0 Å². The van der Waals surface area contributed by atoms with Gasteiger partial charge < -0.3 is 0 Å². The Kier molecular flexibility index (Phi) is 4.55. The number of allylic oxidation sites excluding steroid dienone is 7. The molecule has 0 heterocycles. The van der Waals surface area contributed by atoms with Crippen molar-refractivity contribution >= 4 is 6.08 Å². The van der Waals surface area contributed by atoms with Crippen molar-refractivity contribution in [1.82, 2.24) is 0 Å². The van der Waals surface area contributed by atoms with Gasteiger partial charge in [0, 0.05) is 0 Å². The predicted molar refractivity (Wildman–Crippen MR) is 92.3 cm³/mol. The highest BCUT2D eigenvalue weighted by atomic mass is 14.2.